The Hall–Kier alpha value is -0.650. The number of nitrogens with zero attached hydrogens (tertiary/aromatic N) is 2. The first-order valence-corrected chi connectivity index (χ1v) is 7.75. The van der Waals surface area contributed by atoms with Gasteiger partial charge in [-0.15, -0.1) is 0 Å². The Balaban J connectivity index is 1.89. The van der Waals surface area contributed by atoms with E-state index in [1.807, 2.05) is 4.90 Å². The van der Waals surface area contributed by atoms with Gasteiger partial charge in [-0.25, -0.2) is 0 Å². The average molecular weight is 283 g/mol. The molecule has 0 radical (unpaired) electrons. The molecule has 2 rings (SSSR count). The fourth-order valence-corrected chi connectivity index (χ4v) is 3.13. The van der Waals surface area contributed by atoms with E-state index in [-0.39, 0.29) is 17.6 Å². The summed E-state index contributed by atoms with van der Waals surface area (Å²) < 4.78 is 5.95. The van der Waals surface area contributed by atoms with Crippen molar-refractivity contribution in [1.82, 2.24) is 9.80 Å². The quantitative estimate of drug-likeness (QED) is 0.824. The molecule has 0 saturated carbocycles. The molecule has 0 aromatic carbocycles. The van der Waals surface area contributed by atoms with E-state index < -0.39 is 0 Å². The Kier molecular flexibility index (Phi) is 4.72. The zero-order valence-corrected chi connectivity index (χ0v) is 13.3. The summed E-state index contributed by atoms with van der Waals surface area (Å²) in [5.41, 5.74) is 5.89. The fraction of sp³-hybridized carbons (Fsp3) is 0.933. The normalized spacial score (nSPS) is 24.2. The maximum atomic E-state index is 12.4. The van der Waals surface area contributed by atoms with Crippen LogP contribution in [0.15, 0.2) is 0 Å². The molecule has 0 aromatic heterocycles. The number of rotatable bonds is 4. The SMILES string of the molecule is CC(C)C[C@H](N)C(=O)N1CCOC2(C1)CN(C(C)C)C2. The van der Waals surface area contributed by atoms with Gasteiger partial charge in [0, 0.05) is 25.7 Å². The third-order valence-corrected chi connectivity index (χ3v) is 4.32. The Morgan fingerprint density at radius 2 is 1.90 bits per heavy atom. The first-order chi connectivity index (χ1) is 9.33. The minimum Gasteiger partial charge on any atom is -0.369 e. The second-order valence-corrected chi connectivity index (χ2v) is 7.03. The zero-order valence-electron chi connectivity index (χ0n) is 13.3. The molecule has 2 fully saturated rings. The molecule has 2 saturated heterocycles. The highest BCUT2D eigenvalue weighted by molar-refractivity contribution is 5.81. The van der Waals surface area contributed by atoms with E-state index in [1.54, 1.807) is 0 Å². The van der Waals surface area contributed by atoms with Gasteiger partial charge in [0.25, 0.3) is 0 Å². The third kappa shape index (κ3) is 3.32. The first-order valence-electron chi connectivity index (χ1n) is 7.75. The van der Waals surface area contributed by atoms with Crippen LogP contribution in [0.4, 0.5) is 0 Å². The van der Waals surface area contributed by atoms with Crippen LogP contribution in [-0.2, 0) is 9.53 Å². The molecule has 1 amide bonds. The maximum Gasteiger partial charge on any atom is 0.239 e. The molecule has 0 bridgehead atoms. The smallest absolute Gasteiger partial charge is 0.239 e. The van der Waals surface area contributed by atoms with Crippen LogP contribution in [-0.4, -0.2) is 66.2 Å². The molecule has 116 valence electrons. The predicted octanol–water partition coefficient (Wildman–Crippen LogP) is 0.681. The number of hydrogen-bond donors (Lipinski definition) is 1. The van der Waals surface area contributed by atoms with Crippen LogP contribution in [0.3, 0.4) is 0 Å². The van der Waals surface area contributed by atoms with Gasteiger partial charge in [-0.1, -0.05) is 13.8 Å². The number of carbonyl (C=O) groups excluding carboxylic acids is 1. The average Bonchev–Trinajstić information content (AvgIpc) is 2.34. The predicted molar refractivity (Wildman–Crippen MR) is 79.4 cm³/mol. The first kappa shape index (κ1) is 15.7. The third-order valence-electron chi connectivity index (χ3n) is 4.32. The summed E-state index contributed by atoms with van der Waals surface area (Å²) in [5.74, 6) is 0.536. The monoisotopic (exact) mass is 283 g/mol. The molecule has 0 aliphatic carbocycles. The topological polar surface area (TPSA) is 58.8 Å². The van der Waals surface area contributed by atoms with Crippen LogP contribution >= 0.6 is 0 Å². The summed E-state index contributed by atoms with van der Waals surface area (Å²) >= 11 is 0. The molecule has 0 aromatic rings. The summed E-state index contributed by atoms with van der Waals surface area (Å²) in [5, 5.41) is 0. The van der Waals surface area contributed by atoms with Crippen molar-refractivity contribution in [3.8, 4) is 0 Å². The Labute approximate surface area is 122 Å². The number of carbonyl (C=O) groups is 1. The molecular weight excluding hydrogens is 254 g/mol. The van der Waals surface area contributed by atoms with Crippen molar-refractivity contribution in [3.63, 3.8) is 0 Å². The molecule has 2 aliphatic heterocycles. The van der Waals surface area contributed by atoms with Gasteiger partial charge in [0.05, 0.1) is 19.2 Å². The lowest BCUT2D eigenvalue weighted by atomic mass is 9.90. The van der Waals surface area contributed by atoms with Crippen LogP contribution in [0, 0.1) is 5.92 Å². The zero-order chi connectivity index (χ0) is 14.9. The summed E-state index contributed by atoms with van der Waals surface area (Å²) in [7, 11) is 0. The van der Waals surface area contributed by atoms with Crippen molar-refractivity contribution in [1.29, 1.82) is 0 Å². The van der Waals surface area contributed by atoms with Gasteiger partial charge in [-0.2, -0.15) is 0 Å². The second kappa shape index (κ2) is 6.00. The highest BCUT2D eigenvalue weighted by Gasteiger charge is 2.48. The molecule has 2 aliphatic rings. The Morgan fingerprint density at radius 3 is 2.45 bits per heavy atom. The molecule has 2 heterocycles. The number of nitrogens with two attached hydrogens (primary N) is 1. The minimum atomic E-state index is -0.369. The highest BCUT2D eigenvalue weighted by atomic mass is 16.5. The van der Waals surface area contributed by atoms with Crippen molar-refractivity contribution in [2.24, 2.45) is 11.7 Å². The van der Waals surface area contributed by atoms with E-state index >= 15 is 0 Å². The van der Waals surface area contributed by atoms with E-state index in [2.05, 4.69) is 32.6 Å². The van der Waals surface area contributed by atoms with Gasteiger partial charge in [0.2, 0.25) is 5.91 Å². The van der Waals surface area contributed by atoms with Crippen LogP contribution < -0.4 is 5.73 Å². The number of ether oxygens (including phenoxy) is 1. The molecule has 20 heavy (non-hydrogen) atoms. The van der Waals surface area contributed by atoms with E-state index in [0.29, 0.717) is 31.7 Å². The van der Waals surface area contributed by atoms with Crippen LogP contribution in [0.2, 0.25) is 0 Å². The molecule has 5 nitrogen and oxygen atoms in total. The largest absolute Gasteiger partial charge is 0.369 e. The summed E-state index contributed by atoms with van der Waals surface area (Å²) in [6.45, 7) is 12.4. The van der Waals surface area contributed by atoms with E-state index in [1.165, 1.54) is 0 Å². The van der Waals surface area contributed by atoms with Crippen molar-refractivity contribution >= 4 is 5.91 Å². The molecule has 2 N–H and O–H groups in total. The number of likely N-dealkylation sites (tertiary alicyclic amines) is 1. The van der Waals surface area contributed by atoms with Crippen molar-refractivity contribution < 1.29 is 9.53 Å². The Morgan fingerprint density at radius 1 is 1.25 bits per heavy atom. The lowest BCUT2D eigenvalue weighted by Gasteiger charge is -2.55. The molecule has 1 spiro atoms. The van der Waals surface area contributed by atoms with Gasteiger partial charge >= 0.3 is 0 Å². The molecule has 1 atom stereocenters. The highest BCUT2D eigenvalue weighted by Crippen LogP contribution is 2.30. The lowest BCUT2D eigenvalue weighted by molar-refractivity contribution is -0.194. The van der Waals surface area contributed by atoms with Crippen molar-refractivity contribution in [2.75, 3.05) is 32.8 Å². The molecular formula is C15H29N3O2. The van der Waals surface area contributed by atoms with Crippen molar-refractivity contribution in [3.05, 3.63) is 0 Å². The van der Waals surface area contributed by atoms with E-state index in [4.69, 9.17) is 10.5 Å². The molecule has 5 heteroatoms. The van der Waals surface area contributed by atoms with Gasteiger partial charge in [0.15, 0.2) is 0 Å². The van der Waals surface area contributed by atoms with Gasteiger partial charge in [-0.05, 0) is 26.2 Å². The maximum absolute atomic E-state index is 12.4. The van der Waals surface area contributed by atoms with E-state index in [9.17, 15) is 4.79 Å². The lowest BCUT2D eigenvalue weighted by Crippen LogP contribution is -2.72. The van der Waals surface area contributed by atoms with Gasteiger partial charge in [0.1, 0.15) is 5.60 Å². The van der Waals surface area contributed by atoms with E-state index in [0.717, 1.165) is 19.5 Å². The van der Waals surface area contributed by atoms with Gasteiger partial charge < -0.3 is 15.4 Å². The molecule has 0 unspecified atom stereocenters. The standard InChI is InChI=1S/C15H29N3O2/c1-11(2)7-13(16)14(19)17-5-6-20-15(8-17)9-18(10-15)12(3)4/h11-13H,5-10,16H2,1-4H3/t13-/m0/s1. The number of hydrogen-bond acceptors (Lipinski definition) is 4. The fourth-order valence-electron chi connectivity index (χ4n) is 3.13. The Bertz CT molecular complexity index is 351. The second-order valence-electron chi connectivity index (χ2n) is 7.03. The summed E-state index contributed by atoms with van der Waals surface area (Å²) in [6, 6.07) is 0.171. The number of morpholine rings is 1. The van der Waals surface area contributed by atoms with Crippen LogP contribution in [0.5, 0.6) is 0 Å². The summed E-state index contributed by atoms with van der Waals surface area (Å²) in [6.07, 6.45) is 0.751. The van der Waals surface area contributed by atoms with Crippen LogP contribution in [0.25, 0.3) is 0 Å². The minimum absolute atomic E-state index is 0.0874. The van der Waals surface area contributed by atoms with Gasteiger partial charge in [-0.3, -0.25) is 9.69 Å². The van der Waals surface area contributed by atoms with Crippen molar-refractivity contribution in [2.45, 2.75) is 51.8 Å². The number of amides is 1. The summed E-state index contributed by atoms with van der Waals surface area (Å²) in [4.78, 5) is 16.7. The van der Waals surface area contributed by atoms with Crippen LogP contribution in [0.1, 0.15) is 34.1 Å².